The molecule has 1 aromatic carbocycles. The number of nitrogens with one attached hydrogen (secondary N) is 3. The number of nitrogens with zero attached hydrogens (tertiary/aromatic N) is 1. The maximum absolute atomic E-state index is 11.5. The smallest absolute Gasteiger partial charge is 0.320 e. The monoisotopic (exact) mass is 234 g/mol. The minimum absolute atomic E-state index is 0.0595. The fourth-order valence-electron chi connectivity index (χ4n) is 1.51. The lowest BCUT2D eigenvalue weighted by atomic mass is 10.2. The quantitative estimate of drug-likeness (QED) is 0.638. The number of amides is 2. The predicted octanol–water partition coefficient (Wildman–Crippen LogP) is 1.80. The van der Waals surface area contributed by atoms with Crippen molar-refractivity contribution >= 4 is 22.8 Å². The Bertz CT molecular complexity index is 547. The van der Waals surface area contributed by atoms with Crippen LogP contribution in [0.4, 0.5) is 10.6 Å². The van der Waals surface area contributed by atoms with Gasteiger partial charge >= 0.3 is 6.03 Å². The standard InChI is InChI=1S/C11H14N4O2/c1-6(2)12-11(17)13-10-8-4-3-7(16)5-9(8)14-15-10/h3-6,16H,1-2H3,(H3,12,13,14,15,17). The van der Waals surface area contributed by atoms with Crippen LogP contribution in [0.15, 0.2) is 18.2 Å². The maximum atomic E-state index is 11.5. The van der Waals surface area contributed by atoms with Gasteiger partial charge in [-0.15, -0.1) is 0 Å². The lowest BCUT2D eigenvalue weighted by Gasteiger charge is -2.08. The van der Waals surface area contributed by atoms with Gasteiger partial charge in [0.25, 0.3) is 0 Å². The fraction of sp³-hybridized carbons (Fsp3) is 0.273. The number of rotatable bonds is 2. The molecule has 2 amide bonds. The van der Waals surface area contributed by atoms with E-state index in [-0.39, 0.29) is 17.8 Å². The third-order valence-corrected chi connectivity index (χ3v) is 2.20. The van der Waals surface area contributed by atoms with Gasteiger partial charge in [0.1, 0.15) is 5.75 Å². The lowest BCUT2D eigenvalue weighted by Crippen LogP contribution is -2.34. The molecule has 90 valence electrons. The van der Waals surface area contributed by atoms with E-state index in [1.807, 2.05) is 13.8 Å². The van der Waals surface area contributed by atoms with Crippen molar-refractivity contribution in [3.63, 3.8) is 0 Å². The molecular formula is C11H14N4O2. The Morgan fingerprint density at radius 2 is 2.24 bits per heavy atom. The van der Waals surface area contributed by atoms with E-state index in [0.29, 0.717) is 11.3 Å². The van der Waals surface area contributed by atoms with Crippen LogP contribution in [-0.4, -0.2) is 27.4 Å². The van der Waals surface area contributed by atoms with E-state index in [1.165, 1.54) is 0 Å². The molecule has 0 spiro atoms. The van der Waals surface area contributed by atoms with Gasteiger partial charge in [0, 0.05) is 17.5 Å². The molecule has 4 N–H and O–H groups in total. The normalized spacial score (nSPS) is 10.8. The van der Waals surface area contributed by atoms with Crippen LogP contribution < -0.4 is 10.6 Å². The van der Waals surface area contributed by atoms with Crippen molar-refractivity contribution in [2.45, 2.75) is 19.9 Å². The van der Waals surface area contributed by atoms with E-state index >= 15 is 0 Å². The van der Waals surface area contributed by atoms with Crippen molar-refractivity contribution < 1.29 is 9.90 Å². The number of H-pyrrole nitrogens is 1. The molecule has 0 fully saturated rings. The SMILES string of the molecule is CC(C)NC(=O)Nc1n[nH]c2cc(O)ccc12. The number of carbonyl (C=O) groups is 1. The van der Waals surface area contributed by atoms with E-state index < -0.39 is 0 Å². The molecule has 1 aromatic heterocycles. The Kier molecular flexibility index (Phi) is 2.86. The summed E-state index contributed by atoms with van der Waals surface area (Å²) in [7, 11) is 0. The number of phenols is 1. The van der Waals surface area contributed by atoms with Crippen molar-refractivity contribution in [1.82, 2.24) is 15.5 Å². The highest BCUT2D eigenvalue weighted by Crippen LogP contribution is 2.23. The molecule has 1 heterocycles. The number of phenolic OH excluding ortho intramolecular Hbond substituents is 1. The molecular weight excluding hydrogens is 220 g/mol. The Morgan fingerprint density at radius 1 is 1.47 bits per heavy atom. The summed E-state index contributed by atoms with van der Waals surface area (Å²) in [5, 5.41) is 22.1. The summed E-state index contributed by atoms with van der Waals surface area (Å²) in [5.74, 6) is 0.595. The highest BCUT2D eigenvalue weighted by atomic mass is 16.3. The first-order valence-electron chi connectivity index (χ1n) is 5.31. The average Bonchev–Trinajstić information content (AvgIpc) is 2.59. The summed E-state index contributed by atoms with van der Waals surface area (Å²) in [6.07, 6.45) is 0. The van der Waals surface area contributed by atoms with Gasteiger partial charge in [0.2, 0.25) is 0 Å². The molecule has 0 saturated heterocycles. The van der Waals surface area contributed by atoms with Crippen molar-refractivity contribution in [1.29, 1.82) is 0 Å². The van der Waals surface area contributed by atoms with Gasteiger partial charge in [-0.05, 0) is 26.0 Å². The van der Waals surface area contributed by atoms with Gasteiger partial charge in [-0.1, -0.05) is 0 Å². The number of aromatic hydroxyl groups is 1. The molecule has 0 bridgehead atoms. The van der Waals surface area contributed by atoms with Crippen molar-refractivity contribution in [2.24, 2.45) is 0 Å². The van der Waals surface area contributed by atoms with E-state index in [1.54, 1.807) is 18.2 Å². The minimum Gasteiger partial charge on any atom is -0.508 e. The Labute approximate surface area is 98.0 Å². The van der Waals surface area contributed by atoms with E-state index in [9.17, 15) is 9.90 Å². The van der Waals surface area contributed by atoms with Gasteiger partial charge in [0.15, 0.2) is 5.82 Å². The van der Waals surface area contributed by atoms with Crippen LogP contribution in [0, 0.1) is 0 Å². The molecule has 2 rings (SSSR count). The lowest BCUT2D eigenvalue weighted by molar-refractivity contribution is 0.250. The second-order valence-electron chi connectivity index (χ2n) is 4.06. The molecule has 2 aromatic rings. The van der Waals surface area contributed by atoms with Gasteiger partial charge in [-0.2, -0.15) is 5.10 Å². The van der Waals surface area contributed by atoms with Crippen LogP contribution >= 0.6 is 0 Å². The zero-order valence-electron chi connectivity index (χ0n) is 9.61. The van der Waals surface area contributed by atoms with E-state index in [0.717, 1.165) is 5.39 Å². The maximum Gasteiger partial charge on any atom is 0.320 e. The zero-order valence-corrected chi connectivity index (χ0v) is 9.61. The molecule has 6 heteroatoms. The van der Waals surface area contributed by atoms with Crippen LogP contribution in [0.2, 0.25) is 0 Å². The number of carbonyl (C=O) groups excluding carboxylic acids is 1. The molecule has 0 unspecified atom stereocenters. The summed E-state index contributed by atoms with van der Waals surface area (Å²) in [6.45, 7) is 3.75. The number of urea groups is 1. The van der Waals surface area contributed by atoms with E-state index in [4.69, 9.17) is 0 Å². The average molecular weight is 234 g/mol. The van der Waals surface area contributed by atoms with Crippen LogP contribution in [0.5, 0.6) is 5.75 Å². The summed E-state index contributed by atoms with van der Waals surface area (Å²) in [6, 6.07) is 4.54. The molecule has 0 aliphatic heterocycles. The van der Waals surface area contributed by atoms with Crippen LogP contribution in [0.3, 0.4) is 0 Å². The van der Waals surface area contributed by atoms with Crippen LogP contribution in [0.25, 0.3) is 10.9 Å². The minimum atomic E-state index is -0.304. The fourth-order valence-corrected chi connectivity index (χ4v) is 1.51. The summed E-state index contributed by atoms with van der Waals surface area (Å²) < 4.78 is 0. The Hall–Kier alpha value is -2.24. The molecule has 6 nitrogen and oxygen atoms in total. The summed E-state index contributed by atoms with van der Waals surface area (Å²) in [4.78, 5) is 11.5. The molecule has 0 saturated carbocycles. The molecule has 0 aliphatic rings. The van der Waals surface area contributed by atoms with Crippen LogP contribution in [0.1, 0.15) is 13.8 Å². The third-order valence-electron chi connectivity index (χ3n) is 2.20. The highest BCUT2D eigenvalue weighted by Gasteiger charge is 2.09. The number of benzene rings is 1. The van der Waals surface area contributed by atoms with Gasteiger partial charge in [-0.25, -0.2) is 4.79 Å². The molecule has 0 atom stereocenters. The number of fused-ring (bicyclic) bond motifs is 1. The Balaban J connectivity index is 2.22. The summed E-state index contributed by atoms with van der Waals surface area (Å²) >= 11 is 0. The van der Waals surface area contributed by atoms with Gasteiger partial charge in [-0.3, -0.25) is 10.4 Å². The first kappa shape index (κ1) is 11.3. The molecule has 17 heavy (non-hydrogen) atoms. The second-order valence-corrected chi connectivity index (χ2v) is 4.06. The zero-order chi connectivity index (χ0) is 12.4. The first-order valence-corrected chi connectivity index (χ1v) is 5.31. The van der Waals surface area contributed by atoms with Crippen LogP contribution in [-0.2, 0) is 0 Å². The molecule has 0 aliphatic carbocycles. The summed E-state index contributed by atoms with van der Waals surface area (Å²) in [5.41, 5.74) is 0.671. The van der Waals surface area contributed by atoms with E-state index in [2.05, 4.69) is 20.8 Å². The van der Waals surface area contributed by atoms with Gasteiger partial charge in [0.05, 0.1) is 5.52 Å². The Morgan fingerprint density at radius 3 is 2.94 bits per heavy atom. The van der Waals surface area contributed by atoms with Crippen molar-refractivity contribution in [3.05, 3.63) is 18.2 Å². The third kappa shape index (κ3) is 2.47. The molecule has 0 radical (unpaired) electrons. The number of hydrogen-bond donors (Lipinski definition) is 4. The number of hydrogen-bond acceptors (Lipinski definition) is 3. The first-order chi connectivity index (χ1) is 8.06. The van der Waals surface area contributed by atoms with Gasteiger partial charge < -0.3 is 10.4 Å². The predicted molar refractivity (Wildman–Crippen MR) is 65.0 cm³/mol. The highest BCUT2D eigenvalue weighted by molar-refractivity contribution is 5.99. The number of anilines is 1. The van der Waals surface area contributed by atoms with Crippen molar-refractivity contribution in [2.75, 3.05) is 5.32 Å². The second kappa shape index (κ2) is 4.32. The largest absolute Gasteiger partial charge is 0.508 e. The van der Waals surface area contributed by atoms with Crippen molar-refractivity contribution in [3.8, 4) is 5.75 Å². The topological polar surface area (TPSA) is 90.0 Å². The number of aromatic amines is 1. The number of aromatic nitrogens is 2.